The quantitative estimate of drug-likeness (QED) is 0.246. The van der Waals surface area contributed by atoms with Crippen LogP contribution in [0.4, 0.5) is 11.6 Å². The van der Waals surface area contributed by atoms with Gasteiger partial charge in [0.05, 0.1) is 11.5 Å². The van der Waals surface area contributed by atoms with Gasteiger partial charge < -0.3 is 11.2 Å². The Bertz CT molecular complexity index is 968. The molecule has 28 heavy (non-hydrogen) atoms. The molecule has 3 rings (SSSR count). The molecular weight excluding hydrogens is 374 g/mol. The van der Waals surface area contributed by atoms with Crippen molar-refractivity contribution in [1.82, 2.24) is 14.9 Å². The van der Waals surface area contributed by atoms with Gasteiger partial charge >= 0.3 is 0 Å². The summed E-state index contributed by atoms with van der Waals surface area (Å²) in [6.07, 6.45) is 0. The smallest absolute Gasteiger partial charge is 0.264 e. The second-order valence-electron chi connectivity index (χ2n) is 6.05. The monoisotopic (exact) mass is 395 g/mol. The Kier molecular flexibility index (Phi) is 6.28. The number of amides is 1. The zero-order chi connectivity index (χ0) is 19.9. The number of nitrogens with one attached hydrogen (secondary N) is 2. The molecule has 9 heteroatoms. The molecule has 0 aliphatic heterocycles. The summed E-state index contributed by atoms with van der Waals surface area (Å²) >= 11 is 1.19. The number of hydrazone groups is 1. The summed E-state index contributed by atoms with van der Waals surface area (Å²) in [5.74, 6) is 6.29. The van der Waals surface area contributed by atoms with Crippen molar-refractivity contribution in [2.75, 3.05) is 22.3 Å². The van der Waals surface area contributed by atoms with E-state index in [1.54, 1.807) is 0 Å². The summed E-state index contributed by atoms with van der Waals surface area (Å²) in [7, 11) is 0. The van der Waals surface area contributed by atoms with Gasteiger partial charge in [0.15, 0.2) is 0 Å². The molecule has 3 aromatic rings. The zero-order valence-corrected chi connectivity index (χ0v) is 16.4. The number of nitrogens with two attached hydrogens (primary N) is 1. The van der Waals surface area contributed by atoms with Gasteiger partial charge in [-0.25, -0.2) is 10.1 Å². The first-order valence-electron chi connectivity index (χ1n) is 8.58. The number of carbonyl (C=O) groups excluding carboxylic acids is 1. The largest absolute Gasteiger partial charge is 0.334 e. The highest BCUT2D eigenvalue weighted by molar-refractivity contribution is 7.99. The molecule has 1 aromatic heterocycles. The first-order valence-corrected chi connectivity index (χ1v) is 9.57. The van der Waals surface area contributed by atoms with Crippen LogP contribution in [-0.4, -0.2) is 32.2 Å². The first kappa shape index (κ1) is 19.4. The van der Waals surface area contributed by atoms with Gasteiger partial charge in [0, 0.05) is 5.69 Å². The molecule has 2 aromatic carbocycles. The number of rotatable bonds is 7. The third-order valence-corrected chi connectivity index (χ3v) is 4.79. The van der Waals surface area contributed by atoms with Crippen LogP contribution in [0.5, 0.6) is 0 Å². The average molecular weight is 395 g/mol. The van der Waals surface area contributed by atoms with E-state index in [-0.39, 0.29) is 17.6 Å². The minimum atomic E-state index is -0.149. The fourth-order valence-electron chi connectivity index (χ4n) is 2.29. The number of carbonyl (C=O) groups is 1. The lowest BCUT2D eigenvalue weighted by Gasteiger charge is -2.06. The lowest BCUT2D eigenvalue weighted by Crippen LogP contribution is -2.17. The van der Waals surface area contributed by atoms with Gasteiger partial charge in [-0.15, -0.1) is 10.2 Å². The lowest BCUT2D eigenvalue weighted by molar-refractivity contribution is -0.113. The van der Waals surface area contributed by atoms with Crippen LogP contribution in [0.15, 0.2) is 64.9 Å². The van der Waals surface area contributed by atoms with Crippen LogP contribution in [0.25, 0.3) is 0 Å². The summed E-state index contributed by atoms with van der Waals surface area (Å²) < 4.78 is 1.27. The highest BCUT2D eigenvalue weighted by Crippen LogP contribution is 2.17. The molecule has 0 aliphatic rings. The van der Waals surface area contributed by atoms with Crippen LogP contribution in [0.3, 0.4) is 0 Å². The van der Waals surface area contributed by atoms with Crippen molar-refractivity contribution in [3.63, 3.8) is 0 Å². The van der Waals surface area contributed by atoms with E-state index >= 15 is 0 Å². The van der Waals surface area contributed by atoms with E-state index in [1.807, 2.05) is 68.4 Å². The number of hydrogen-bond donors (Lipinski definition) is 3. The second kappa shape index (κ2) is 9.05. The van der Waals surface area contributed by atoms with Crippen LogP contribution in [-0.2, 0) is 4.79 Å². The maximum Gasteiger partial charge on any atom is 0.264 e. The SMILES string of the molecule is C/C(=N\Nc1nnc(SCC(=O)Nc2ccc(C)cc2)n1N)c1ccccc1. The van der Waals surface area contributed by atoms with Gasteiger partial charge in [-0.05, 0) is 31.5 Å². The normalized spacial score (nSPS) is 11.3. The van der Waals surface area contributed by atoms with E-state index in [2.05, 4.69) is 26.0 Å². The highest BCUT2D eigenvalue weighted by Gasteiger charge is 2.12. The van der Waals surface area contributed by atoms with E-state index in [9.17, 15) is 4.79 Å². The van der Waals surface area contributed by atoms with Gasteiger partial charge in [-0.3, -0.25) is 4.79 Å². The number of thioether (sulfide) groups is 1. The van der Waals surface area contributed by atoms with E-state index < -0.39 is 0 Å². The molecule has 0 atom stereocenters. The van der Waals surface area contributed by atoms with Crippen molar-refractivity contribution < 1.29 is 4.79 Å². The molecule has 4 N–H and O–H groups in total. The average Bonchev–Trinajstić information content (AvgIpc) is 3.06. The minimum absolute atomic E-state index is 0.149. The van der Waals surface area contributed by atoms with Crippen molar-refractivity contribution in [2.45, 2.75) is 19.0 Å². The number of hydrogen-bond acceptors (Lipinski definition) is 7. The molecule has 0 fully saturated rings. The lowest BCUT2D eigenvalue weighted by atomic mass is 10.1. The Morgan fingerprint density at radius 3 is 2.57 bits per heavy atom. The summed E-state index contributed by atoms with van der Waals surface area (Å²) in [5.41, 5.74) is 6.46. The standard InChI is InChI=1S/C19H21N7OS/c1-13-8-10-16(11-9-13)21-17(27)12-28-19-25-24-18(26(19)20)23-22-14(2)15-6-4-3-5-7-15/h3-11H,12,20H2,1-2H3,(H,21,27)(H,23,24)/b22-14+. The molecular formula is C19H21N7OS. The maximum atomic E-state index is 12.1. The number of anilines is 2. The van der Waals surface area contributed by atoms with E-state index in [0.29, 0.717) is 5.16 Å². The first-order chi connectivity index (χ1) is 13.5. The van der Waals surface area contributed by atoms with E-state index in [1.165, 1.54) is 16.4 Å². The van der Waals surface area contributed by atoms with Gasteiger partial charge in [0.2, 0.25) is 11.1 Å². The van der Waals surface area contributed by atoms with Crippen LogP contribution >= 0.6 is 11.8 Å². The molecule has 0 spiro atoms. The third-order valence-electron chi connectivity index (χ3n) is 3.85. The van der Waals surface area contributed by atoms with Crippen LogP contribution in [0, 0.1) is 6.92 Å². The molecule has 8 nitrogen and oxygen atoms in total. The molecule has 0 saturated carbocycles. The van der Waals surface area contributed by atoms with Crippen molar-refractivity contribution in [1.29, 1.82) is 0 Å². The number of benzene rings is 2. The van der Waals surface area contributed by atoms with Crippen molar-refractivity contribution >= 4 is 35.0 Å². The molecule has 144 valence electrons. The van der Waals surface area contributed by atoms with E-state index in [4.69, 9.17) is 5.84 Å². The second-order valence-corrected chi connectivity index (χ2v) is 7.00. The Labute approximate surface area is 167 Å². The molecule has 0 unspecified atom stereocenters. The Morgan fingerprint density at radius 1 is 1.14 bits per heavy atom. The van der Waals surface area contributed by atoms with E-state index in [0.717, 1.165) is 22.5 Å². The fraction of sp³-hybridized carbons (Fsp3) is 0.158. The molecule has 1 heterocycles. The predicted octanol–water partition coefficient (Wildman–Crippen LogP) is 2.87. The summed E-state index contributed by atoms with van der Waals surface area (Å²) in [5, 5.41) is 15.5. The molecule has 0 aliphatic carbocycles. The molecule has 1 amide bonds. The fourth-order valence-corrected chi connectivity index (χ4v) is 2.95. The molecule has 0 saturated heterocycles. The maximum absolute atomic E-state index is 12.1. The van der Waals surface area contributed by atoms with Crippen LogP contribution < -0.4 is 16.6 Å². The number of nitrogen functional groups attached to an aromatic ring is 1. The predicted molar refractivity (Wildman–Crippen MR) is 113 cm³/mol. The molecule has 0 radical (unpaired) electrons. The van der Waals surface area contributed by atoms with Crippen molar-refractivity contribution in [3.05, 3.63) is 65.7 Å². The Morgan fingerprint density at radius 2 is 1.86 bits per heavy atom. The van der Waals surface area contributed by atoms with Gasteiger partial charge in [-0.1, -0.05) is 59.8 Å². The minimum Gasteiger partial charge on any atom is -0.334 e. The van der Waals surface area contributed by atoms with Crippen LogP contribution in [0.2, 0.25) is 0 Å². The number of aromatic nitrogens is 3. The molecule has 0 bridgehead atoms. The Hall–Kier alpha value is -3.33. The van der Waals surface area contributed by atoms with Crippen molar-refractivity contribution in [3.8, 4) is 0 Å². The zero-order valence-electron chi connectivity index (χ0n) is 15.6. The topological polar surface area (TPSA) is 110 Å². The van der Waals surface area contributed by atoms with Crippen molar-refractivity contribution in [2.24, 2.45) is 5.10 Å². The number of aryl methyl sites for hydroxylation is 1. The highest BCUT2D eigenvalue weighted by atomic mass is 32.2. The summed E-state index contributed by atoms with van der Waals surface area (Å²) in [6.45, 7) is 3.87. The summed E-state index contributed by atoms with van der Waals surface area (Å²) in [4.78, 5) is 12.1. The number of nitrogens with zero attached hydrogens (tertiary/aromatic N) is 4. The van der Waals surface area contributed by atoms with Crippen LogP contribution in [0.1, 0.15) is 18.1 Å². The Balaban J connectivity index is 1.55. The summed E-state index contributed by atoms with van der Waals surface area (Å²) in [6, 6.07) is 17.3. The van der Waals surface area contributed by atoms with Gasteiger partial charge in [0.1, 0.15) is 0 Å². The third kappa shape index (κ3) is 5.10. The van der Waals surface area contributed by atoms with Gasteiger partial charge in [-0.2, -0.15) is 5.10 Å². The van der Waals surface area contributed by atoms with Gasteiger partial charge in [0.25, 0.3) is 5.95 Å².